The van der Waals surface area contributed by atoms with Gasteiger partial charge in [0.1, 0.15) is 0 Å². The number of nitrogens with two attached hydrogens (primary N) is 1. The van der Waals surface area contributed by atoms with Crippen LogP contribution >= 0.6 is 24.2 Å². The Hall–Kier alpha value is -1.24. The van der Waals surface area contributed by atoms with Crippen molar-refractivity contribution in [3.05, 3.63) is 29.8 Å². The van der Waals surface area contributed by atoms with Crippen LogP contribution in [0.1, 0.15) is 18.9 Å². The summed E-state index contributed by atoms with van der Waals surface area (Å²) in [5.74, 6) is 1.08. The standard InChI is InChI=1S/C14H20N2O3S.ClH/c1-10(15)14(18)16-12-5-3-4-11(8-12)9-20-7-6-13(17)19-2;/h3-5,8,10H,6-7,9,15H2,1-2H3,(H,16,18);1H/t10-;/m0./s1. The van der Waals surface area contributed by atoms with Crippen molar-refractivity contribution in [2.75, 3.05) is 18.2 Å². The predicted octanol–water partition coefficient (Wildman–Crippen LogP) is 2.19. The monoisotopic (exact) mass is 332 g/mol. The fraction of sp³-hybridized carbons (Fsp3) is 0.429. The minimum Gasteiger partial charge on any atom is -0.469 e. The number of ether oxygens (including phenoxy) is 1. The lowest BCUT2D eigenvalue weighted by atomic mass is 10.2. The Morgan fingerprint density at radius 2 is 2.14 bits per heavy atom. The summed E-state index contributed by atoms with van der Waals surface area (Å²) in [6.07, 6.45) is 0.405. The third kappa shape index (κ3) is 7.94. The van der Waals surface area contributed by atoms with E-state index in [1.807, 2.05) is 24.3 Å². The average Bonchev–Trinajstić information content (AvgIpc) is 2.43. The Balaban J connectivity index is 0.00000400. The molecular weight excluding hydrogens is 312 g/mol. The Labute approximate surface area is 135 Å². The molecule has 1 aromatic carbocycles. The molecule has 0 aliphatic carbocycles. The zero-order chi connectivity index (χ0) is 15.0. The number of anilines is 1. The summed E-state index contributed by atoms with van der Waals surface area (Å²) >= 11 is 1.65. The molecule has 1 atom stereocenters. The van der Waals surface area contributed by atoms with E-state index in [1.54, 1.807) is 18.7 Å². The van der Waals surface area contributed by atoms with E-state index < -0.39 is 6.04 Å². The number of benzene rings is 1. The van der Waals surface area contributed by atoms with E-state index in [2.05, 4.69) is 10.1 Å². The fourth-order valence-corrected chi connectivity index (χ4v) is 2.31. The van der Waals surface area contributed by atoms with E-state index in [9.17, 15) is 9.59 Å². The van der Waals surface area contributed by atoms with Crippen LogP contribution in [0.25, 0.3) is 0 Å². The van der Waals surface area contributed by atoms with Gasteiger partial charge in [0.25, 0.3) is 0 Å². The maximum absolute atomic E-state index is 11.5. The second-order valence-corrected chi connectivity index (χ2v) is 5.46. The first kappa shape index (κ1) is 19.8. The highest BCUT2D eigenvalue weighted by atomic mass is 35.5. The molecule has 0 radical (unpaired) electrons. The third-order valence-electron chi connectivity index (χ3n) is 2.56. The van der Waals surface area contributed by atoms with Crippen LogP contribution in [-0.2, 0) is 20.1 Å². The molecule has 0 aliphatic rings. The number of hydrogen-bond acceptors (Lipinski definition) is 5. The van der Waals surface area contributed by atoms with Crippen molar-refractivity contribution in [2.24, 2.45) is 5.73 Å². The largest absolute Gasteiger partial charge is 0.469 e. The molecule has 1 aromatic rings. The zero-order valence-corrected chi connectivity index (χ0v) is 13.8. The predicted molar refractivity (Wildman–Crippen MR) is 88.8 cm³/mol. The van der Waals surface area contributed by atoms with Gasteiger partial charge in [0.15, 0.2) is 0 Å². The summed E-state index contributed by atoms with van der Waals surface area (Å²) in [6, 6.07) is 7.06. The number of methoxy groups -OCH3 is 1. The normalized spacial score (nSPS) is 11.2. The molecule has 0 fully saturated rings. The van der Waals surface area contributed by atoms with E-state index in [0.29, 0.717) is 12.2 Å². The molecule has 0 spiro atoms. The summed E-state index contributed by atoms with van der Waals surface area (Å²) in [6.45, 7) is 1.64. The minimum absolute atomic E-state index is 0. The van der Waals surface area contributed by atoms with Crippen LogP contribution in [0.5, 0.6) is 0 Å². The first-order valence-corrected chi connectivity index (χ1v) is 7.48. The van der Waals surface area contributed by atoms with Crippen molar-refractivity contribution in [3.8, 4) is 0 Å². The number of halogens is 1. The number of esters is 1. The van der Waals surface area contributed by atoms with Crippen molar-refractivity contribution in [2.45, 2.75) is 25.1 Å². The SMILES string of the molecule is COC(=O)CCSCc1cccc(NC(=O)[C@H](C)N)c1.Cl. The number of carbonyl (C=O) groups is 2. The fourth-order valence-electron chi connectivity index (χ4n) is 1.44. The molecular formula is C14H21ClN2O3S. The number of carbonyl (C=O) groups excluding carboxylic acids is 2. The molecule has 0 heterocycles. The van der Waals surface area contributed by atoms with Crippen LogP contribution in [0, 0.1) is 0 Å². The highest BCUT2D eigenvalue weighted by molar-refractivity contribution is 7.98. The lowest BCUT2D eigenvalue weighted by Gasteiger charge is -2.09. The van der Waals surface area contributed by atoms with Gasteiger partial charge in [-0.1, -0.05) is 12.1 Å². The van der Waals surface area contributed by atoms with Crippen molar-refractivity contribution >= 4 is 41.7 Å². The summed E-state index contributed by atoms with van der Waals surface area (Å²) in [5, 5.41) is 2.75. The molecule has 118 valence electrons. The van der Waals surface area contributed by atoms with Gasteiger partial charge in [-0.2, -0.15) is 11.8 Å². The number of rotatable bonds is 7. The van der Waals surface area contributed by atoms with Gasteiger partial charge in [-0.25, -0.2) is 0 Å². The van der Waals surface area contributed by atoms with E-state index in [4.69, 9.17) is 5.73 Å². The van der Waals surface area contributed by atoms with E-state index in [-0.39, 0.29) is 24.3 Å². The second kappa shape index (κ2) is 10.5. The van der Waals surface area contributed by atoms with Gasteiger partial charge in [0, 0.05) is 17.2 Å². The Morgan fingerprint density at radius 1 is 1.43 bits per heavy atom. The van der Waals surface area contributed by atoms with Crippen molar-refractivity contribution < 1.29 is 14.3 Å². The Morgan fingerprint density at radius 3 is 2.76 bits per heavy atom. The summed E-state index contributed by atoms with van der Waals surface area (Å²) in [5.41, 5.74) is 7.32. The molecule has 3 N–H and O–H groups in total. The maximum Gasteiger partial charge on any atom is 0.306 e. The summed E-state index contributed by atoms with van der Waals surface area (Å²) in [4.78, 5) is 22.5. The lowest BCUT2D eigenvalue weighted by molar-refractivity contribution is -0.140. The highest BCUT2D eigenvalue weighted by Gasteiger charge is 2.07. The topological polar surface area (TPSA) is 81.4 Å². The summed E-state index contributed by atoms with van der Waals surface area (Å²) < 4.78 is 4.58. The molecule has 0 aliphatic heterocycles. The van der Waals surface area contributed by atoms with Crippen molar-refractivity contribution in [3.63, 3.8) is 0 Å². The number of amides is 1. The molecule has 7 heteroatoms. The Kier molecular flexibility index (Phi) is 9.86. The Bertz CT molecular complexity index is 469. The highest BCUT2D eigenvalue weighted by Crippen LogP contribution is 2.17. The average molecular weight is 333 g/mol. The molecule has 0 saturated heterocycles. The molecule has 1 rings (SSSR count). The second-order valence-electron chi connectivity index (χ2n) is 4.36. The van der Waals surface area contributed by atoms with Crippen molar-refractivity contribution in [1.29, 1.82) is 0 Å². The van der Waals surface area contributed by atoms with Crippen LogP contribution in [0.4, 0.5) is 5.69 Å². The van der Waals surface area contributed by atoms with Crippen LogP contribution in [0.2, 0.25) is 0 Å². The van der Waals surface area contributed by atoms with Crippen LogP contribution < -0.4 is 11.1 Å². The molecule has 21 heavy (non-hydrogen) atoms. The van der Waals surface area contributed by atoms with Gasteiger partial charge in [-0.05, 0) is 24.6 Å². The smallest absolute Gasteiger partial charge is 0.306 e. The molecule has 1 amide bonds. The number of thioether (sulfide) groups is 1. The quantitative estimate of drug-likeness (QED) is 0.591. The van der Waals surface area contributed by atoms with Gasteiger partial charge in [-0.3, -0.25) is 9.59 Å². The maximum atomic E-state index is 11.5. The van der Waals surface area contributed by atoms with E-state index >= 15 is 0 Å². The molecule has 5 nitrogen and oxygen atoms in total. The first-order valence-electron chi connectivity index (χ1n) is 6.33. The van der Waals surface area contributed by atoms with E-state index in [1.165, 1.54) is 7.11 Å². The van der Waals surface area contributed by atoms with Gasteiger partial charge in [0.2, 0.25) is 5.91 Å². The number of nitrogens with one attached hydrogen (secondary N) is 1. The molecule has 0 saturated carbocycles. The van der Waals surface area contributed by atoms with Gasteiger partial charge >= 0.3 is 5.97 Å². The molecule has 0 aromatic heterocycles. The molecule has 0 bridgehead atoms. The van der Waals surface area contributed by atoms with Gasteiger partial charge in [-0.15, -0.1) is 12.4 Å². The van der Waals surface area contributed by atoms with Crippen LogP contribution in [-0.4, -0.2) is 30.8 Å². The zero-order valence-electron chi connectivity index (χ0n) is 12.1. The minimum atomic E-state index is -0.534. The third-order valence-corrected chi connectivity index (χ3v) is 3.59. The first-order chi connectivity index (χ1) is 9.52. The lowest BCUT2D eigenvalue weighted by Crippen LogP contribution is -2.32. The van der Waals surface area contributed by atoms with Gasteiger partial charge in [0.05, 0.1) is 19.6 Å². The van der Waals surface area contributed by atoms with E-state index in [0.717, 1.165) is 17.0 Å². The summed E-state index contributed by atoms with van der Waals surface area (Å²) in [7, 11) is 1.39. The van der Waals surface area contributed by atoms with Gasteiger partial charge < -0.3 is 15.8 Å². The van der Waals surface area contributed by atoms with Crippen molar-refractivity contribution in [1.82, 2.24) is 0 Å². The van der Waals surface area contributed by atoms with Crippen LogP contribution in [0.15, 0.2) is 24.3 Å². The number of hydrogen-bond donors (Lipinski definition) is 2. The van der Waals surface area contributed by atoms with Crippen LogP contribution in [0.3, 0.4) is 0 Å². The molecule has 0 unspecified atom stereocenters.